The molecule has 0 N–H and O–H groups in total. The zero-order valence-corrected chi connectivity index (χ0v) is 19.5. The standard InChI is InChI=1S/C26H25N3O6/c1-17-10-20(35-27-17)15-28(2)23(30)12-26(19-6-4-3-5-7-19)13-24(31)29(25(26)32)14-18-8-9-21-22(11-18)34-16-33-21/h3-11H,12-16H2,1-2H3/t26-/m1/s1. The van der Waals surface area contributed by atoms with Gasteiger partial charge in [0.1, 0.15) is 0 Å². The lowest BCUT2D eigenvalue weighted by Crippen LogP contribution is -2.42. The first kappa shape index (κ1) is 22.6. The number of rotatable bonds is 7. The highest BCUT2D eigenvalue weighted by Crippen LogP contribution is 2.41. The van der Waals surface area contributed by atoms with Crippen molar-refractivity contribution in [1.29, 1.82) is 0 Å². The fourth-order valence-corrected chi connectivity index (χ4v) is 4.61. The Balaban J connectivity index is 1.41. The number of aromatic nitrogens is 1. The van der Waals surface area contributed by atoms with Gasteiger partial charge in [0.2, 0.25) is 24.5 Å². The SMILES string of the molecule is Cc1cc(CN(C)C(=O)C[C@]2(c3ccccc3)CC(=O)N(Cc3ccc4c(c3)OCO4)C2=O)on1. The summed E-state index contributed by atoms with van der Waals surface area (Å²) >= 11 is 0. The van der Waals surface area contributed by atoms with Gasteiger partial charge in [-0.1, -0.05) is 41.6 Å². The number of hydrogen-bond acceptors (Lipinski definition) is 7. The van der Waals surface area contributed by atoms with E-state index in [2.05, 4.69) is 5.16 Å². The quantitative estimate of drug-likeness (QED) is 0.484. The van der Waals surface area contributed by atoms with Crippen molar-refractivity contribution in [1.82, 2.24) is 15.0 Å². The Morgan fingerprint density at radius 2 is 1.86 bits per heavy atom. The molecule has 0 saturated carbocycles. The molecular formula is C26H25N3O6. The van der Waals surface area contributed by atoms with Gasteiger partial charge in [-0.3, -0.25) is 19.3 Å². The Labute approximate surface area is 202 Å². The lowest BCUT2D eigenvalue weighted by atomic mass is 9.75. The minimum atomic E-state index is -1.28. The second kappa shape index (κ2) is 8.90. The predicted octanol–water partition coefficient (Wildman–Crippen LogP) is 2.96. The Kier molecular flexibility index (Phi) is 5.76. The number of hydrogen-bond donors (Lipinski definition) is 0. The molecule has 2 aliphatic rings. The monoisotopic (exact) mass is 475 g/mol. The van der Waals surface area contributed by atoms with E-state index < -0.39 is 5.41 Å². The van der Waals surface area contributed by atoms with Crippen LogP contribution in [0.1, 0.15) is 35.4 Å². The van der Waals surface area contributed by atoms with Crippen molar-refractivity contribution in [3.8, 4) is 11.5 Å². The highest BCUT2D eigenvalue weighted by molar-refractivity contribution is 6.10. The number of likely N-dealkylation sites (tertiary alicyclic amines) is 1. The lowest BCUT2D eigenvalue weighted by molar-refractivity contribution is -0.143. The molecule has 0 unspecified atom stereocenters. The van der Waals surface area contributed by atoms with Gasteiger partial charge >= 0.3 is 0 Å². The lowest BCUT2D eigenvalue weighted by Gasteiger charge is -2.29. The second-order valence-electron chi connectivity index (χ2n) is 8.96. The molecule has 5 rings (SSSR count). The summed E-state index contributed by atoms with van der Waals surface area (Å²) in [6.45, 7) is 2.25. The number of carbonyl (C=O) groups is 3. The van der Waals surface area contributed by atoms with E-state index in [4.69, 9.17) is 14.0 Å². The summed E-state index contributed by atoms with van der Waals surface area (Å²) in [6.07, 6.45) is -0.218. The first-order valence-corrected chi connectivity index (χ1v) is 11.3. The third-order valence-corrected chi connectivity index (χ3v) is 6.46. The maximum Gasteiger partial charge on any atom is 0.241 e. The first-order valence-electron chi connectivity index (χ1n) is 11.3. The van der Waals surface area contributed by atoms with Crippen LogP contribution in [0.15, 0.2) is 59.1 Å². The van der Waals surface area contributed by atoms with Crippen LogP contribution < -0.4 is 9.47 Å². The molecular weight excluding hydrogens is 450 g/mol. The topological polar surface area (TPSA) is 102 Å². The predicted molar refractivity (Wildman–Crippen MR) is 123 cm³/mol. The van der Waals surface area contributed by atoms with Crippen LogP contribution in [0.4, 0.5) is 0 Å². The van der Waals surface area contributed by atoms with Crippen LogP contribution in [0, 0.1) is 6.92 Å². The summed E-state index contributed by atoms with van der Waals surface area (Å²) in [7, 11) is 1.64. The fraction of sp³-hybridized carbons (Fsp3) is 0.308. The van der Waals surface area contributed by atoms with Gasteiger partial charge in [0.15, 0.2) is 17.3 Å². The van der Waals surface area contributed by atoms with Crippen LogP contribution in [0.5, 0.6) is 11.5 Å². The normalized spacial score (nSPS) is 18.9. The van der Waals surface area contributed by atoms with Gasteiger partial charge < -0.3 is 18.9 Å². The fourth-order valence-electron chi connectivity index (χ4n) is 4.61. The van der Waals surface area contributed by atoms with Crippen molar-refractivity contribution >= 4 is 17.7 Å². The highest BCUT2D eigenvalue weighted by Gasteiger charge is 2.54. The zero-order chi connectivity index (χ0) is 24.6. The summed E-state index contributed by atoms with van der Waals surface area (Å²) in [4.78, 5) is 43.0. The molecule has 1 saturated heterocycles. The van der Waals surface area contributed by atoms with Gasteiger partial charge in [-0.2, -0.15) is 0 Å². The number of nitrogens with zero attached hydrogens (tertiary/aromatic N) is 3. The molecule has 0 radical (unpaired) electrons. The molecule has 3 heterocycles. The Morgan fingerprint density at radius 1 is 1.09 bits per heavy atom. The molecule has 2 aromatic carbocycles. The molecule has 180 valence electrons. The number of fused-ring (bicyclic) bond motifs is 1. The van der Waals surface area contributed by atoms with Crippen LogP contribution in [0.2, 0.25) is 0 Å². The van der Waals surface area contributed by atoms with Crippen molar-refractivity contribution in [2.24, 2.45) is 0 Å². The minimum Gasteiger partial charge on any atom is -0.454 e. The third-order valence-electron chi connectivity index (χ3n) is 6.46. The summed E-state index contributed by atoms with van der Waals surface area (Å²) in [5, 5.41) is 3.85. The molecule has 1 atom stereocenters. The Hall–Kier alpha value is -4.14. The number of ether oxygens (including phenoxy) is 2. The van der Waals surface area contributed by atoms with E-state index in [1.54, 1.807) is 62.5 Å². The average Bonchev–Trinajstić information content (AvgIpc) is 3.54. The van der Waals surface area contributed by atoms with Crippen molar-refractivity contribution in [3.63, 3.8) is 0 Å². The number of amides is 3. The van der Waals surface area contributed by atoms with E-state index >= 15 is 0 Å². The molecule has 3 aromatic rings. The summed E-state index contributed by atoms with van der Waals surface area (Å²) in [5.41, 5.74) is 0.822. The molecule has 9 nitrogen and oxygen atoms in total. The number of benzene rings is 2. The van der Waals surface area contributed by atoms with E-state index in [9.17, 15) is 14.4 Å². The number of aryl methyl sites for hydroxylation is 1. The van der Waals surface area contributed by atoms with Crippen LogP contribution in [0.25, 0.3) is 0 Å². The van der Waals surface area contributed by atoms with E-state index in [1.165, 1.54) is 9.80 Å². The van der Waals surface area contributed by atoms with Gasteiger partial charge in [0, 0.05) is 26.0 Å². The van der Waals surface area contributed by atoms with Crippen molar-refractivity contribution in [2.45, 2.75) is 38.3 Å². The van der Waals surface area contributed by atoms with Gasteiger partial charge in [-0.15, -0.1) is 0 Å². The first-order chi connectivity index (χ1) is 16.9. The molecule has 9 heteroatoms. The van der Waals surface area contributed by atoms with Crippen LogP contribution >= 0.6 is 0 Å². The average molecular weight is 476 g/mol. The van der Waals surface area contributed by atoms with Crippen molar-refractivity contribution in [3.05, 3.63) is 77.2 Å². The third kappa shape index (κ3) is 4.25. The molecule has 2 aliphatic heterocycles. The molecule has 3 amide bonds. The molecule has 0 aliphatic carbocycles. The van der Waals surface area contributed by atoms with E-state index in [0.717, 1.165) is 11.3 Å². The van der Waals surface area contributed by atoms with Crippen molar-refractivity contribution in [2.75, 3.05) is 13.8 Å². The summed E-state index contributed by atoms with van der Waals surface area (Å²) in [6, 6.07) is 16.1. The van der Waals surface area contributed by atoms with Gasteiger partial charge in [0.25, 0.3) is 0 Å². The van der Waals surface area contributed by atoms with Crippen LogP contribution in [-0.2, 0) is 32.9 Å². The number of imide groups is 1. The van der Waals surface area contributed by atoms with Gasteiger partial charge in [0.05, 0.1) is 24.2 Å². The maximum atomic E-state index is 13.8. The molecule has 0 spiro atoms. The molecule has 0 bridgehead atoms. The molecule has 1 fully saturated rings. The largest absolute Gasteiger partial charge is 0.454 e. The summed E-state index contributed by atoms with van der Waals surface area (Å²) in [5.74, 6) is 0.776. The smallest absolute Gasteiger partial charge is 0.241 e. The van der Waals surface area contributed by atoms with Crippen molar-refractivity contribution < 1.29 is 28.4 Å². The molecule has 1 aromatic heterocycles. The number of carbonyl (C=O) groups excluding carboxylic acids is 3. The van der Waals surface area contributed by atoms with Crippen LogP contribution in [0.3, 0.4) is 0 Å². The van der Waals surface area contributed by atoms with E-state index in [-0.39, 0.29) is 50.4 Å². The Bertz CT molecular complexity index is 1290. The van der Waals surface area contributed by atoms with Gasteiger partial charge in [-0.05, 0) is 30.2 Å². The highest BCUT2D eigenvalue weighted by atomic mass is 16.7. The van der Waals surface area contributed by atoms with Crippen LogP contribution in [-0.4, -0.2) is 46.5 Å². The Morgan fingerprint density at radius 3 is 2.60 bits per heavy atom. The summed E-state index contributed by atoms with van der Waals surface area (Å²) < 4.78 is 16.0. The molecule has 35 heavy (non-hydrogen) atoms. The van der Waals surface area contributed by atoms with E-state index in [0.29, 0.717) is 22.8 Å². The van der Waals surface area contributed by atoms with E-state index in [1.807, 2.05) is 6.07 Å². The zero-order valence-electron chi connectivity index (χ0n) is 19.5. The minimum absolute atomic E-state index is 0.0820. The van der Waals surface area contributed by atoms with Gasteiger partial charge in [-0.25, -0.2) is 0 Å². The maximum absolute atomic E-state index is 13.8. The second-order valence-corrected chi connectivity index (χ2v) is 8.96.